The Balaban J connectivity index is 1.30. The van der Waals surface area contributed by atoms with Crippen LogP contribution in [-0.2, 0) is 24.8 Å². The van der Waals surface area contributed by atoms with Crippen molar-refractivity contribution in [3.05, 3.63) is 29.3 Å². The minimum atomic E-state index is -0.745. The number of nitrogens with zero attached hydrogens (tertiary/aromatic N) is 8. The summed E-state index contributed by atoms with van der Waals surface area (Å²) >= 11 is 0. The molecule has 0 amide bonds. The normalized spacial score (nSPS) is 20.8. The van der Waals surface area contributed by atoms with Gasteiger partial charge < -0.3 is 9.84 Å². The van der Waals surface area contributed by atoms with Gasteiger partial charge in [-0.25, -0.2) is 9.67 Å². The molecule has 0 aromatic carbocycles. The number of carbonyl (C=O) groups is 1. The SMILES string of the molecule is Cc1nc(-c2nnn(C)c2Cn2nnc(CC3CCC3)n2)ccc1O[C@H]1CCC[C@H](C(=O)O)C1. The van der Waals surface area contributed by atoms with Gasteiger partial charge in [-0.2, -0.15) is 4.80 Å². The molecular formula is C23H30N8O3. The summed E-state index contributed by atoms with van der Waals surface area (Å²) in [5, 5.41) is 30.8. The number of pyridine rings is 1. The number of rotatable bonds is 8. The number of ether oxygens (including phenoxy) is 1. The Kier molecular flexibility index (Phi) is 6.25. The Bertz CT molecular complexity index is 1170. The zero-order valence-corrected chi connectivity index (χ0v) is 19.6. The Hall–Kier alpha value is -3.37. The maximum absolute atomic E-state index is 11.4. The van der Waals surface area contributed by atoms with Gasteiger partial charge in [-0.3, -0.25) is 4.79 Å². The lowest BCUT2D eigenvalue weighted by Gasteiger charge is -2.27. The molecule has 0 radical (unpaired) electrons. The average molecular weight is 467 g/mol. The first-order chi connectivity index (χ1) is 16.5. The molecule has 11 nitrogen and oxygen atoms in total. The summed E-state index contributed by atoms with van der Waals surface area (Å²) < 4.78 is 7.85. The van der Waals surface area contributed by atoms with Crippen LogP contribution in [0.15, 0.2) is 12.1 Å². The van der Waals surface area contributed by atoms with Crippen LogP contribution < -0.4 is 4.74 Å². The van der Waals surface area contributed by atoms with Crippen LogP contribution in [0.25, 0.3) is 11.4 Å². The fourth-order valence-electron chi connectivity index (χ4n) is 4.73. The van der Waals surface area contributed by atoms with Crippen molar-refractivity contribution in [2.45, 2.75) is 70.9 Å². The molecule has 3 aromatic rings. The first-order valence-electron chi connectivity index (χ1n) is 12.0. The molecule has 0 unspecified atom stereocenters. The molecule has 0 spiro atoms. The van der Waals surface area contributed by atoms with E-state index in [1.807, 2.05) is 26.1 Å². The van der Waals surface area contributed by atoms with Gasteiger partial charge in [0.25, 0.3) is 0 Å². The van der Waals surface area contributed by atoms with Gasteiger partial charge in [-0.15, -0.1) is 15.3 Å². The molecule has 0 aliphatic heterocycles. The lowest BCUT2D eigenvalue weighted by atomic mass is 9.83. The molecule has 3 heterocycles. The molecule has 34 heavy (non-hydrogen) atoms. The van der Waals surface area contributed by atoms with Crippen molar-refractivity contribution in [3.63, 3.8) is 0 Å². The van der Waals surface area contributed by atoms with Gasteiger partial charge >= 0.3 is 5.97 Å². The Morgan fingerprint density at radius 1 is 1.15 bits per heavy atom. The molecular weight excluding hydrogens is 436 g/mol. The summed E-state index contributed by atoms with van der Waals surface area (Å²) in [6.45, 7) is 2.28. The maximum atomic E-state index is 11.4. The van der Waals surface area contributed by atoms with Crippen molar-refractivity contribution < 1.29 is 14.6 Å². The van der Waals surface area contributed by atoms with Crippen molar-refractivity contribution in [1.29, 1.82) is 0 Å². The third-order valence-electron chi connectivity index (χ3n) is 6.97. The molecule has 3 aromatic heterocycles. The summed E-state index contributed by atoms with van der Waals surface area (Å²) in [6.07, 6.45) is 7.50. The van der Waals surface area contributed by atoms with Gasteiger partial charge in [0.1, 0.15) is 18.0 Å². The van der Waals surface area contributed by atoms with Gasteiger partial charge in [0.2, 0.25) is 0 Å². The minimum absolute atomic E-state index is 0.110. The summed E-state index contributed by atoms with van der Waals surface area (Å²) in [4.78, 5) is 17.7. The number of carboxylic acid groups (broad SMARTS) is 1. The summed E-state index contributed by atoms with van der Waals surface area (Å²) in [7, 11) is 1.84. The molecule has 1 N–H and O–H groups in total. The summed E-state index contributed by atoms with van der Waals surface area (Å²) in [6, 6.07) is 3.75. The van der Waals surface area contributed by atoms with Crippen molar-refractivity contribution >= 4 is 5.97 Å². The van der Waals surface area contributed by atoms with Crippen LogP contribution in [0.2, 0.25) is 0 Å². The highest BCUT2D eigenvalue weighted by molar-refractivity contribution is 5.70. The number of carboxylic acids is 1. The van der Waals surface area contributed by atoms with Crippen LogP contribution in [0.5, 0.6) is 5.75 Å². The quantitative estimate of drug-likeness (QED) is 0.531. The molecule has 2 atom stereocenters. The van der Waals surface area contributed by atoms with Crippen LogP contribution in [0, 0.1) is 18.8 Å². The number of aryl methyl sites for hydroxylation is 2. The lowest BCUT2D eigenvalue weighted by Crippen LogP contribution is -2.29. The van der Waals surface area contributed by atoms with E-state index in [1.165, 1.54) is 19.3 Å². The van der Waals surface area contributed by atoms with Crippen molar-refractivity contribution in [2.24, 2.45) is 18.9 Å². The van der Waals surface area contributed by atoms with E-state index in [2.05, 4.69) is 25.7 Å². The van der Waals surface area contributed by atoms with Gasteiger partial charge in [0.15, 0.2) is 5.82 Å². The fraction of sp³-hybridized carbons (Fsp3) is 0.609. The third-order valence-corrected chi connectivity index (χ3v) is 6.97. The number of tetrazole rings is 1. The Labute approximate surface area is 197 Å². The highest BCUT2D eigenvalue weighted by Gasteiger charge is 2.28. The molecule has 0 bridgehead atoms. The predicted molar refractivity (Wildman–Crippen MR) is 121 cm³/mol. The van der Waals surface area contributed by atoms with Crippen LogP contribution >= 0.6 is 0 Å². The highest BCUT2D eigenvalue weighted by Crippen LogP contribution is 2.31. The van der Waals surface area contributed by atoms with E-state index in [-0.39, 0.29) is 12.0 Å². The smallest absolute Gasteiger partial charge is 0.306 e. The Morgan fingerprint density at radius 2 is 1.97 bits per heavy atom. The van der Waals surface area contributed by atoms with Crippen molar-refractivity contribution in [3.8, 4) is 17.1 Å². The molecule has 2 aliphatic carbocycles. The molecule has 11 heteroatoms. The average Bonchev–Trinajstić information content (AvgIpc) is 3.39. The number of aliphatic carboxylic acids is 1. The zero-order valence-electron chi connectivity index (χ0n) is 19.6. The zero-order chi connectivity index (χ0) is 23.7. The van der Waals surface area contributed by atoms with E-state index in [0.29, 0.717) is 42.4 Å². The van der Waals surface area contributed by atoms with Crippen LogP contribution in [-0.4, -0.2) is 57.4 Å². The number of hydrogen-bond donors (Lipinski definition) is 1. The minimum Gasteiger partial charge on any atom is -0.489 e. The van der Waals surface area contributed by atoms with Gasteiger partial charge in [0, 0.05) is 13.5 Å². The third kappa shape index (κ3) is 4.78. The number of aromatic nitrogens is 8. The largest absolute Gasteiger partial charge is 0.489 e. The lowest BCUT2D eigenvalue weighted by molar-refractivity contribution is -0.143. The molecule has 2 fully saturated rings. The van der Waals surface area contributed by atoms with E-state index in [4.69, 9.17) is 9.72 Å². The monoisotopic (exact) mass is 466 g/mol. The molecule has 2 saturated carbocycles. The topological polar surface area (TPSA) is 134 Å². The van der Waals surface area contributed by atoms with Crippen LogP contribution in [0.4, 0.5) is 0 Å². The second kappa shape index (κ2) is 9.47. The first kappa shape index (κ1) is 22.4. The van der Waals surface area contributed by atoms with Gasteiger partial charge in [-0.05, 0) is 55.9 Å². The molecule has 5 rings (SSSR count). The van der Waals surface area contributed by atoms with Crippen LogP contribution in [0.1, 0.15) is 62.2 Å². The van der Waals surface area contributed by atoms with Gasteiger partial charge in [0.05, 0.1) is 29.1 Å². The predicted octanol–water partition coefficient (Wildman–Crippen LogP) is 2.59. The second-order valence-corrected chi connectivity index (χ2v) is 9.47. The maximum Gasteiger partial charge on any atom is 0.306 e. The van der Waals surface area contributed by atoms with Crippen molar-refractivity contribution in [1.82, 2.24) is 40.2 Å². The number of hydrogen-bond acceptors (Lipinski definition) is 8. The van der Waals surface area contributed by atoms with E-state index in [1.54, 1.807) is 9.48 Å². The summed E-state index contributed by atoms with van der Waals surface area (Å²) in [5.41, 5.74) is 2.92. The van der Waals surface area contributed by atoms with E-state index < -0.39 is 5.97 Å². The fourth-order valence-corrected chi connectivity index (χ4v) is 4.73. The molecule has 180 valence electrons. The first-order valence-corrected chi connectivity index (χ1v) is 12.0. The highest BCUT2D eigenvalue weighted by atomic mass is 16.5. The molecule has 2 aliphatic rings. The van der Waals surface area contributed by atoms with Gasteiger partial charge in [-0.1, -0.05) is 24.5 Å². The van der Waals surface area contributed by atoms with E-state index in [9.17, 15) is 9.90 Å². The molecule has 0 saturated heterocycles. The summed E-state index contributed by atoms with van der Waals surface area (Å²) in [5.74, 6) is 1.05. The van der Waals surface area contributed by atoms with Crippen molar-refractivity contribution in [2.75, 3.05) is 0 Å². The second-order valence-electron chi connectivity index (χ2n) is 9.47. The van der Waals surface area contributed by atoms with E-state index in [0.717, 1.165) is 36.5 Å². The van der Waals surface area contributed by atoms with E-state index >= 15 is 0 Å². The Morgan fingerprint density at radius 3 is 2.71 bits per heavy atom. The standard InChI is InChI=1S/C23H30N8O3/c1-14-20(34-17-8-4-7-16(12-17)23(32)33)10-9-18(24-14)22-19(30(2)28-26-22)13-31-27-21(25-29-31)11-15-5-3-6-15/h9-10,15-17H,3-8,11-13H2,1-2H3,(H,32,33)/t16-,17-/m0/s1. The van der Waals surface area contributed by atoms with Crippen LogP contribution in [0.3, 0.4) is 0 Å².